The lowest BCUT2D eigenvalue weighted by Crippen LogP contribution is -2.39. The van der Waals surface area contributed by atoms with E-state index in [4.69, 9.17) is 24.9 Å². The van der Waals surface area contributed by atoms with Gasteiger partial charge in [-0.2, -0.15) is 0 Å². The van der Waals surface area contributed by atoms with Crippen molar-refractivity contribution >= 4 is 17.9 Å². The molecule has 1 aromatic rings. The first kappa shape index (κ1) is 17.2. The van der Waals surface area contributed by atoms with E-state index in [1.807, 2.05) is 0 Å². The van der Waals surface area contributed by atoms with E-state index in [1.54, 1.807) is 0 Å². The summed E-state index contributed by atoms with van der Waals surface area (Å²) < 4.78 is 4.92. The second-order valence-corrected chi connectivity index (χ2v) is 4.20. The zero-order valence-corrected chi connectivity index (χ0v) is 11.4. The zero-order valence-electron chi connectivity index (χ0n) is 11.4. The maximum atomic E-state index is 10.9. The summed E-state index contributed by atoms with van der Waals surface area (Å²) in [5, 5.41) is 25.9. The average molecular weight is 313 g/mol. The minimum Gasteiger partial charge on any atom is -0.482 e. The highest BCUT2D eigenvalue weighted by Gasteiger charge is 2.19. The summed E-state index contributed by atoms with van der Waals surface area (Å²) in [6.45, 7) is -0.477. The van der Waals surface area contributed by atoms with E-state index >= 15 is 0 Å². The Labute approximate surface area is 125 Å². The zero-order chi connectivity index (χ0) is 16.5. The fourth-order valence-corrected chi connectivity index (χ4v) is 1.39. The van der Waals surface area contributed by atoms with Gasteiger partial charge in [-0.1, -0.05) is 0 Å². The van der Waals surface area contributed by atoms with E-state index < -0.39 is 30.6 Å². The minimum absolute atomic E-state index is 0.134. The number of carbonyl (C=O) groups is 3. The summed E-state index contributed by atoms with van der Waals surface area (Å²) in [6.07, 6.45) is -0.445. The van der Waals surface area contributed by atoms with Gasteiger partial charge >= 0.3 is 17.9 Å². The molecule has 0 aromatic heterocycles. The van der Waals surface area contributed by atoms with Crippen molar-refractivity contribution in [1.29, 1.82) is 0 Å². The summed E-state index contributed by atoms with van der Waals surface area (Å²) in [4.78, 5) is 36.7. The van der Waals surface area contributed by atoms with E-state index in [2.05, 4.69) is 5.48 Å². The molecule has 9 nitrogen and oxygen atoms in total. The number of hydrogen-bond donors (Lipinski definition) is 4. The molecule has 120 valence electrons. The normalized spacial score (nSPS) is 11.5. The molecule has 0 spiro atoms. The van der Waals surface area contributed by atoms with Crippen LogP contribution in [0.4, 0.5) is 0 Å². The van der Waals surface area contributed by atoms with E-state index in [9.17, 15) is 14.4 Å². The van der Waals surface area contributed by atoms with E-state index in [1.165, 1.54) is 24.3 Å². The van der Waals surface area contributed by atoms with Gasteiger partial charge < -0.3 is 24.9 Å². The highest BCUT2D eigenvalue weighted by molar-refractivity contribution is 5.74. The van der Waals surface area contributed by atoms with Crippen molar-refractivity contribution in [3.8, 4) is 11.5 Å². The van der Waals surface area contributed by atoms with Gasteiger partial charge in [0.25, 0.3) is 0 Å². The molecule has 1 atom stereocenters. The van der Waals surface area contributed by atoms with Crippen LogP contribution in [0.5, 0.6) is 11.5 Å². The summed E-state index contributed by atoms with van der Waals surface area (Å²) in [5.74, 6) is -2.86. The van der Waals surface area contributed by atoms with Crippen LogP contribution in [0.1, 0.15) is 12.8 Å². The quantitative estimate of drug-likeness (QED) is 0.450. The number of hydrogen-bond acceptors (Lipinski definition) is 6. The van der Waals surface area contributed by atoms with Gasteiger partial charge in [0.1, 0.15) is 17.5 Å². The van der Waals surface area contributed by atoms with Gasteiger partial charge in [-0.15, -0.1) is 5.48 Å². The van der Waals surface area contributed by atoms with Crippen LogP contribution in [0, 0.1) is 0 Å². The number of carboxylic acid groups (broad SMARTS) is 3. The van der Waals surface area contributed by atoms with Crippen LogP contribution in [-0.4, -0.2) is 45.9 Å². The molecule has 4 N–H and O–H groups in total. The number of ether oxygens (including phenoxy) is 1. The molecule has 22 heavy (non-hydrogen) atoms. The van der Waals surface area contributed by atoms with Crippen molar-refractivity contribution in [2.24, 2.45) is 0 Å². The van der Waals surface area contributed by atoms with Crippen LogP contribution < -0.4 is 15.1 Å². The van der Waals surface area contributed by atoms with Crippen LogP contribution in [0.15, 0.2) is 24.3 Å². The number of nitrogens with one attached hydrogen (secondary N) is 1. The molecule has 0 radical (unpaired) electrons. The first-order chi connectivity index (χ1) is 10.4. The Morgan fingerprint density at radius 2 is 1.59 bits per heavy atom. The van der Waals surface area contributed by atoms with E-state index in [-0.39, 0.29) is 18.6 Å². The molecule has 0 aliphatic heterocycles. The fourth-order valence-electron chi connectivity index (χ4n) is 1.39. The molecule has 0 unspecified atom stereocenters. The molecular weight excluding hydrogens is 298 g/mol. The number of carboxylic acids is 3. The first-order valence-electron chi connectivity index (χ1n) is 6.20. The Balaban J connectivity index is 2.49. The fraction of sp³-hybridized carbons (Fsp3) is 0.308. The largest absolute Gasteiger partial charge is 0.482 e. The molecule has 0 amide bonds. The van der Waals surface area contributed by atoms with E-state index in [0.717, 1.165) is 0 Å². The van der Waals surface area contributed by atoms with Crippen LogP contribution in [0.3, 0.4) is 0 Å². The molecule has 0 saturated carbocycles. The number of rotatable bonds is 10. The molecule has 1 aromatic carbocycles. The Hall–Kier alpha value is -2.81. The molecule has 0 aliphatic carbocycles. The lowest BCUT2D eigenvalue weighted by Gasteiger charge is -2.14. The van der Waals surface area contributed by atoms with Crippen molar-refractivity contribution < 1.29 is 39.3 Å². The highest BCUT2D eigenvalue weighted by atomic mass is 16.6. The van der Waals surface area contributed by atoms with Crippen LogP contribution in [-0.2, 0) is 14.4 Å². The smallest absolute Gasteiger partial charge is 0.341 e. The van der Waals surface area contributed by atoms with Gasteiger partial charge in [-0.3, -0.25) is 9.59 Å². The summed E-state index contributed by atoms with van der Waals surface area (Å²) in [7, 11) is 0. The summed E-state index contributed by atoms with van der Waals surface area (Å²) in [5.41, 5.74) is 2.26. The second-order valence-electron chi connectivity index (χ2n) is 4.20. The average Bonchev–Trinajstić information content (AvgIpc) is 2.45. The maximum Gasteiger partial charge on any atom is 0.341 e. The lowest BCUT2D eigenvalue weighted by atomic mass is 10.2. The van der Waals surface area contributed by atoms with Crippen molar-refractivity contribution in [3.63, 3.8) is 0 Å². The van der Waals surface area contributed by atoms with Crippen molar-refractivity contribution in [3.05, 3.63) is 24.3 Å². The molecule has 0 bridgehead atoms. The molecule has 0 heterocycles. The molecule has 9 heteroatoms. The van der Waals surface area contributed by atoms with Crippen LogP contribution in [0.25, 0.3) is 0 Å². The Morgan fingerprint density at radius 3 is 2.09 bits per heavy atom. The molecule has 0 fully saturated rings. The molecule has 0 aliphatic rings. The predicted octanol–water partition coefficient (Wildman–Crippen LogP) is 0.351. The molecular formula is C13H15NO8. The molecule has 0 saturated heterocycles. The Kier molecular flexibility index (Phi) is 6.64. The second kappa shape index (κ2) is 8.47. The first-order valence-corrected chi connectivity index (χ1v) is 6.20. The topological polar surface area (TPSA) is 142 Å². The number of hydroxylamine groups is 1. The van der Waals surface area contributed by atoms with Gasteiger partial charge in [-0.05, 0) is 30.7 Å². The van der Waals surface area contributed by atoms with Crippen molar-refractivity contribution in [2.45, 2.75) is 18.9 Å². The predicted molar refractivity (Wildman–Crippen MR) is 71.6 cm³/mol. The van der Waals surface area contributed by atoms with Gasteiger partial charge in [0, 0.05) is 6.42 Å². The van der Waals surface area contributed by atoms with Crippen molar-refractivity contribution in [2.75, 3.05) is 6.61 Å². The number of aliphatic carboxylic acids is 3. The van der Waals surface area contributed by atoms with Gasteiger partial charge in [0.15, 0.2) is 6.61 Å². The SMILES string of the molecule is O=C(O)CC[C@H](NOc1ccc(OCC(=O)O)cc1)C(=O)O. The van der Waals surface area contributed by atoms with Gasteiger partial charge in [0.2, 0.25) is 0 Å². The highest BCUT2D eigenvalue weighted by Crippen LogP contribution is 2.17. The summed E-state index contributed by atoms with van der Waals surface area (Å²) in [6, 6.07) is 4.62. The Morgan fingerprint density at radius 1 is 1.00 bits per heavy atom. The van der Waals surface area contributed by atoms with Crippen molar-refractivity contribution in [1.82, 2.24) is 5.48 Å². The monoisotopic (exact) mass is 313 g/mol. The third kappa shape index (κ3) is 6.57. The maximum absolute atomic E-state index is 10.9. The third-order valence-electron chi connectivity index (χ3n) is 2.45. The third-order valence-corrected chi connectivity index (χ3v) is 2.45. The van der Waals surface area contributed by atoms with Crippen LogP contribution >= 0.6 is 0 Å². The van der Waals surface area contributed by atoms with Gasteiger partial charge in [0.05, 0.1) is 0 Å². The van der Waals surface area contributed by atoms with Crippen LogP contribution in [0.2, 0.25) is 0 Å². The Bertz CT molecular complexity index is 527. The van der Waals surface area contributed by atoms with Gasteiger partial charge in [-0.25, -0.2) is 4.79 Å². The molecule has 1 rings (SSSR count). The van der Waals surface area contributed by atoms with E-state index in [0.29, 0.717) is 5.75 Å². The lowest BCUT2D eigenvalue weighted by molar-refractivity contribution is -0.143. The summed E-state index contributed by atoms with van der Waals surface area (Å²) >= 11 is 0. The minimum atomic E-state index is -1.23. The number of benzene rings is 1. The standard InChI is InChI=1S/C13H15NO8/c15-11(16)6-5-10(13(19)20)14-22-9-3-1-8(2-4-9)21-7-12(17)18/h1-4,10,14H,5-7H2,(H,15,16)(H,17,18)(H,19,20)/t10-/m0/s1.